The van der Waals surface area contributed by atoms with Gasteiger partial charge in [-0.25, -0.2) is 0 Å². The molecule has 1 rings (SSSR count). The number of nitro groups is 2. The van der Waals surface area contributed by atoms with Gasteiger partial charge >= 0.3 is 15.1 Å². The van der Waals surface area contributed by atoms with Gasteiger partial charge in [0.25, 0.3) is 0 Å². The summed E-state index contributed by atoms with van der Waals surface area (Å²) >= 11 is 0. The zero-order chi connectivity index (χ0) is 17.3. The van der Waals surface area contributed by atoms with Crippen LogP contribution < -0.4 is 4.98 Å². The van der Waals surface area contributed by atoms with E-state index in [0.717, 1.165) is 0 Å². The van der Waals surface area contributed by atoms with E-state index in [9.17, 15) is 20.2 Å². The zero-order valence-electron chi connectivity index (χ0n) is 12.8. The first-order valence-corrected chi connectivity index (χ1v) is 8.68. The molecule has 0 aliphatic carbocycles. The average Bonchev–Trinajstić information content (AvgIpc) is 2.48. The molecule has 0 aromatic heterocycles. The van der Waals surface area contributed by atoms with Crippen LogP contribution in [0.5, 0.6) is 0 Å². The van der Waals surface area contributed by atoms with Gasteiger partial charge in [0.05, 0.1) is 9.85 Å². The van der Waals surface area contributed by atoms with Gasteiger partial charge in [-0.1, -0.05) is 18.2 Å². The number of anilines is 1. The highest BCUT2D eigenvalue weighted by Gasteiger charge is 2.47. The van der Waals surface area contributed by atoms with E-state index >= 15 is 0 Å². The van der Waals surface area contributed by atoms with Crippen LogP contribution in [0.2, 0.25) is 0 Å². The van der Waals surface area contributed by atoms with E-state index in [4.69, 9.17) is 13.3 Å². The highest BCUT2D eigenvalue weighted by molar-refractivity contribution is 6.64. The van der Waals surface area contributed by atoms with Crippen LogP contribution in [0.1, 0.15) is 13.8 Å². The fraction of sp³-hybridized carbons (Fsp3) is 0.500. The zero-order valence-corrected chi connectivity index (χ0v) is 13.8. The Balaban J connectivity index is 2.93. The Kier molecular flexibility index (Phi) is 7.54. The van der Waals surface area contributed by atoms with Crippen LogP contribution in [-0.4, -0.2) is 44.8 Å². The molecular weight excluding hydrogens is 326 g/mol. The fourth-order valence-corrected chi connectivity index (χ4v) is 3.81. The summed E-state index contributed by atoms with van der Waals surface area (Å²) in [7, 11) is -3.55. The standard InChI is InChI=1S/C12H19N3O7Si/c1-3-20-23(21-4-2,13-11-8-6-5-7-9-11)22-10-12(14(16)17)15(18)19/h5-9,12-13H,3-4,10H2,1-2H3. The third-order valence-electron chi connectivity index (χ3n) is 2.65. The molecule has 0 saturated heterocycles. The predicted molar refractivity (Wildman–Crippen MR) is 82.8 cm³/mol. The molecule has 0 heterocycles. The second-order valence-electron chi connectivity index (χ2n) is 4.28. The third kappa shape index (κ3) is 5.90. The van der Waals surface area contributed by atoms with Crippen molar-refractivity contribution in [1.82, 2.24) is 0 Å². The minimum absolute atomic E-state index is 0.216. The summed E-state index contributed by atoms with van der Waals surface area (Å²) in [6.45, 7) is 3.08. The Labute approximate surface area is 134 Å². The molecule has 0 aliphatic heterocycles. The van der Waals surface area contributed by atoms with Crippen LogP contribution >= 0.6 is 0 Å². The monoisotopic (exact) mass is 345 g/mol. The van der Waals surface area contributed by atoms with E-state index in [2.05, 4.69) is 4.98 Å². The largest absolute Gasteiger partial charge is 0.631 e. The lowest BCUT2D eigenvalue weighted by atomic mass is 10.3. The summed E-state index contributed by atoms with van der Waals surface area (Å²) in [5, 5.41) is 21.5. The SMILES string of the molecule is CCO[Si](Nc1ccccc1)(OCC)OCC([N+](=O)[O-])[N+](=O)[O-]. The number of nitrogens with zero attached hydrogens (tertiary/aromatic N) is 2. The molecule has 1 aromatic rings. The van der Waals surface area contributed by atoms with Crippen LogP contribution in [-0.2, 0) is 13.3 Å². The molecule has 0 saturated carbocycles. The minimum Gasteiger partial charge on any atom is -0.357 e. The van der Waals surface area contributed by atoms with Gasteiger partial charge < -0.3 is 18.3 Å². The fourth-order valence-electron chi connectivity index (χ4n) is 1.69. The second kappa shape index (κ2) is 9.15. The molecular formula is C12H19N3O7Si. The van der Waals surface area contributed by atoms with Gasteiger partial charge in [0, 0.05) is 18.9 Å². The lowest BCUT2D eigenvalue weighted by Gasteiger charge is -2.28. The number of para-hydroxylation sites is 1. The number of hydrogen-bond donors (Lipinski definition) is 1. The molecule has 0 spiro atoms. The summed E-state index contributed by atoms with van der Waals surface area (Å²) in [6.07, 6.45) is -2.08. The molecule has 1 N–H and O–H groups in total. The first kappa shape index (κ1) is 19.0. The highest BCUT2D eigenvalue weighted by atomic mass is 28.4. The molecule has 0 amide bonds. The summed E-state index contributed by atoms with van der Waals surface area (Å²) < 4.78 is 16.4. The van der Waals surface area contributed by atoms with Crippen molar-refractivity contribution < 1.29 is 23.1 Å². The van der Waals surface area contributed by atoms with Crippen molar-refractivity contribution >= 4 is 14.7 Å². The first-order valence-electron chi connectivity index (χ1n) is 6.96. The van der Waals surface area contributed by atoms with Crippen molar-refractivity contribution in [3.8, 4) is 0 Å². The Morgan fingerprint density at radius 1 is 1.04 bits per heavy atom. The Morgan fingerprint density at radius 2 is 1.57 bits per heavy atom. The summed E-state index contributed by atoms with van der Waals surface area (Å²) in [4.78, 5) is 22.4. The van der Waals surface area contributed by atoms with Gasteiger partial charge in [-0.3, -0.25) is 20.2 Å². The minimum atomic E-state index is -3.55. The average molecular weight is 345 g/mol. The van der Waals surface area contributed by atoms with Crippen molar-refractivity contribution in [2.24, 2.45) is 0 Å². The van der Waals surface area contributed by atoms with E-state index in [0.29, 0.717) is 5.69 Å². The number of rotatable bonds is 11. The van der Waals surface area contributed by atoms with Gasteiger partial charge in [0.15, 0.2) is 6.61 Å². The number of benzene rings is 1. The molecule has 0 fully saturated rings. The van der Waals surface area contributed by atoms with Gasteiger partial charge in [-0.15, -0.1) is 0 Å². The first-order chi connectivity index (χ1) is 10.9. The van der Waals surface area contributed by atoms with Gasteiger partial charge in [0.2, 0.25) is 0 Å². The van der Waals surface area contributed by atoms with Crippen molar-refractivity contribution in [2.75, 3.05) is 24.8 Å². The van der Waals surface area contributed by atoms with E-state index in [1.165, 1.54) is 0 Å². The van der Waals surface area contributed by atoms with Gasteiger partial charge in [0.1, 0.15) is 0 Å². The molecule has 0 unspecified atom stereocenters. The third-order valence-corrected chi connectivity index (χ3v) is 5.13. The van der Waals surface area contributed by atoms with Crippen molar-refractivity contribution in [3.63, 3.8) is 0 Å². The quantitative estimate of drug-likeness (QED) is 0.277. The van der Waals surface area contributed by atoms with E-state index in [1.54, 1.807) is 38.1 Å². The molecule has 0 aliphatic rings. The number of nitrogens with one attached hydrogen (secondary N) is 1. The Bertz CT molecular complexity index is 497. The normalized spacial score (nSPS) is 11.4. The molecule has 0 radical (unpaired) electrons. The van der Waals surface area contributed by atoms with Crippen molar-refractivity contribution in [2.45, 2.75) is 20.0 Å². The molecule has 10 nitrogen and oxygen atoms in total. The van der Waals surface area contributed by atoms with Crippen LogP contribution in [0.25, 0.3) is 0 Å². The van der Waals surface area contributed by atoms with E-state index < -0.39 is 31.6 Å². The van der Waals surface area contributed by atoms with Crippen LogP contribution in [0, 0.1) is 20.2 Å². The number of hydrogen-bond acceptors (Lipinski definition) is 8. The molecule has 1 aromatic carbocycles. The maximum atomic E-state index is 10.7. The second-order valence-corrected chi connectivity index (χ2v) is 6.50. The topological polar surface area (TPSA) is 126 Å². The molecule has 128 valence electrons. The molecule has 0 atom stereocenters. The lowest BCUT2D eigenvalue weighted by molar-refractivity contribution is -0.743. The summed E-state index contributed by atoms with van der Waals surface area (Å²) in [6, 6.07) is 8.84. The summed E-state index contributed by atoms with van der Waals surface area (Å²) in [5.74, 6) is 0. The van der Waals surface area contributed by atoms with Crippen LogP contribution in [0.4, 0.5) is 5.69 Å². The van der Waals surface area contributed by atoms with E-state index in [-0.39, 0.29) is 13.2 Å². The maximum absolute atomic E-state index is 10.7. The van der Waals surface area contributed by atoms with Crippen molar-refractivity contribution in [1.29, 1.82) is 0 Å². The van der Waals surface area contributed by atoms with Crippen LogP contribution in [0.3, 0.4) is 0 Å². The van der Waals surface area contributed by atoms with Gasteiger partial charge in [-0.05, 0) is 26.0 Å². The molecule has 23 heavy (non-hydrogen) atoms. The molecule has 0 bridgehead atoms. The van der Waals surface area contributed by atoms with E-state index in [1.807, 2.05) is 6.07 Å². The summed E-state index contributed by atoms with van der Waals surface area (Å²) in [5.41, 5.74) is 0.625. The Hall–Kier alpha value is -2.08. The maximum Gasteiger partial charge on any atom is 0.631 e. The van der Waals surface area contributed by atoms with Gasteiger partial charge in [-0.2, -0.15) is 0 Å². The van der Waals surface area contributed by atoms with Crippen molar-refractivity contribution in [3.05, 3.63) is 50.6 Å². The van der Waals surface area contributed by atoms with Crippen LogP contribution in [0.15, 0.2) is 30.3 Å². The smallest absolute Gasteiger partial charge is 0.357 e. The highest BCUT2D eigenvalue weighted by Crippen LogP contribution is 2.16. The lowest BCUT2D eigenvalue weighted by Crippen LogP contribution is -2.55. The molecule has 11 heteroatoms. The Morgan fingerprint density at radius 3 is 2.00 bits per heavy atom. The predicted octanol–water partition coefficient (Wildman–Crippen LogP) is 1.50.